The molecule has 0 saturated carbocycles. The molecular weight excluding hydrogens is 312 g/mol. The molecule has 3 nitrogen and oxygen atoms in total. The van der Waals surface area contributed by atoms with Gasteiger partial charge in [0.05, 0.1) is 18.8 Å². The van der Waals surface area contributed by atoms with E-state index in [1.54, 1.807) is 0 Å². The van der Waals surface area contributed by atoms with Crippen LogP contribution in [0.4, 0.5) is 0 Å². The molecule has 0 aliphatic rings. The molecule has 3 heteroatoms. The van der Waals surface area contributed by atoms with Crippen LogP contribution in [0.5, 0.6) is 5.75 Å². The first kappa shape index (κ1) is 19.0. The van der Waals surface area contributed by atoms with E-state index < -0.39 is 0 Å². The second-order valence-corrected chi connectivity index (χ2v) is 6.42. The minimum absolute atomic E-state index is 0.258. The van der Waals surface area contributed by atoms with Gasteiger partial charge in [-0.25, -0.2) is 4.79 Å². The van der Waals surface area contributed by atoms with E-state index in [9.17, 15) is 4.79 Å². The van der Waals surface area contributed by atoms with Crippen molar-refractivity contribution in [2.75, 3.05) is 13.2 Å². The second-order valence-electron chi connectivity index (χ2n) is 6.42. The van der Waals surface area contributed by atoms with Crippen molar-refractivity contribution in [1.82, 2.24) is 0 Å². The van der Waals surface area contributed by atoms with Gasteiger partial charge < -0.3 is 9.47 Å². The summed E-state index contributed by atoms with van der Waals surface area (Å²) in [7, 11) is 0. The first-order chi connectivity index (χ1) is 12.1. The first-order valence-corrected chi connectivity index (χ1v) is 9.14. The second kappa shape index (κ2) is 9.87. The largest absolute Gasteiger partial charge is 0.494 e. The lowest BCUT2D eigenvalue weighted by Gasteiger charge is -2.10. The number of hydrogen-bond donors (Lipinski definition) is 0. The molecule has 0 bridgehead atoms. The molecule has 0 amide bonds. The third-order valence-electron chi connectivity index (χ3n) is 4.27. The zero-order chi connectivity index (χ0) is 18.1. The van der Waals surface area contributed by atoms with Crippen molar-refractivity contribution in [1.29, 1.82) is 0 Å². The molecule has 134 valence electrons. The molecule has 0 spiro atoms. The Kier molecular flexibility index (Phi) is 7.52. The fourth-order valence-corrected chi connectivity index (χ4v) is 2.30. The summed E-state index contributed by atoms with van der Waals surface area (Å²) in [6, 6.07) is 15.6. The van der Waals surface area contributed by atoms with Crippen LogP contribution in [0.2, 0.25) is 0 Å². The van der Waals surface area contributed by atoms with Gasteiger partial charge in [0, 0.05) is 0 Å². The normalized spacial score (nSPS) is 11.8. The number of benzene rings is 2. The molecule has 0 aromatic heterocycles. The van der Waals surface area contributed by atoms with Crippen LogP contribution in [-0.4, -0.2) is 19.2 Å². The number of rotatable bonds is 9. The van der Waals surface area contributed by atoms with E-state index in [1.165, 1.54) is 0 Å². The van der Waals surface area contributed by atoms with Crippen LogP contribution < -0.4 is 4.74 Å². The summed E-state index contributed by atoms with van der Waals surface area (Å²) >= 11 is 0. The van der Waals surface area contributed by atoms with Gasteiger partial charge in [0.2, 0.25) is 0 Å². The van der Waals surface area contributed by atoms with Crippen molar-refractivity contribution in [3.63, 3.8) is 0 Å². The Morgan fingerprint density at radius 1 is 0.960 bits per heavy atom. The average molecular weight is 340 g/mol. The van der Waals surface area contributed by atoms with Gasteiger partial charge in [-0.2, -0.15) is 0 Å². The molecule has 0 heterocycles. The van der Waals surface area contributed by atoms with E-state index in [0.29, 0.717) is 18.1 Å². The van der Waals surface area contributed by atoms with Crippen molar-refractivity contribution in [3.05, 3.63) is 54.1 Å². The van der Waals surface area contributed by atoms with Crippen molar-refractivity contribution in [2.45, 2.75) is 40.0 Å². The Hall–Kier alpha value is -2.29. The molecule has 0 N–H and O–H groups in total. The highest BCUT2D eigenvalue weighted by atomic mass is 16.5. The summed E-state index contributed by atoms with van der Waals surface area (Å²) in [5.41, 5.74) is 2.76. The maximum atomic E-state index is 12.0. The highest BCUT2D eigenvalue weighted by molar-refractivity contribution is 5.90. The molecule has 0 fully saturated rings. The van der Waals surface area contributed by atoms with Crippen LogP contribution in [-0.2, 0) is 4.74 Å². The van der Waals surface area contributed by atoms with Crippen LogP contribution >= 0.6 is 0 Å². The van der Waals surface area contributed by atoms with E-state index in [0.717, 1.165) is 42.7 Å². The predicted octanol–water partition coefficient (Wildman–Crippen LogP) is 5.74. The van der Waals surface area contributed by atoms with Gasteiger partial charge in [-0.3, -0.25) is 0 Å². The third-order valence-corrected chi connectivity index (χ3v) is 4.27. The van der Waals surface area contributed by atoms with Crippen molar-refractivity contribution < 1.29 is 14.3 Å². The minimum atomic E-state index is -0.258. The quantitative estimate of drug-likeness (QED) is 0.431. The van der Waals surface area contributed by atoms with E-state index >= 15 is 0 Å². The number of hydrogen-bond acceptors (Lipinski definition) is 3. The zero-order valence-corrected chi connectivity index (χ0v) is 15.5. The Morgan fingerprint density at radius 2 is 1.56 bits per heavy atom. The van der Waals surface area contributed by atoms with Crippen molar-refractivity contribution >= 4 is 5.97 Å². The van der Waals surface area contributed by atoms with E-state index in [1.807, 2.05) is 48.5 Å². The number of unbranched alkanes of at least 4 members (excludes halogenated alkanes) is 1. The van der Waals surface area contributed by atoms with Gasteiger partial charge in [-0.15, -0.1) is 0 Å². The lowest BCUT2D eigenvalue weighted by atomic mass is 10.0. The van der Waals surface area contributed by atoms with E-state index in [4.69, 9.17) is 9.47 Å². The van der Waals surface area contributed by atoms with Gasteiger partial charge in [0.25, 0.3) is 0 Å². The Bertz CT molecular complexity index is 644. The van der Waals surface area contributed by atoms with Gasteiger partial charge in [0.1, 0.15) is 5.75 Å². The SMILES string of the molecule is CCCCOc1ccc(-c2ccc(C(=O)OCC(C)CC)cc2)cc1. The number of carbonyl (C=O) groups is 1. The molecule has 0 aliphatic heterocycles. The van der Waals surface area contributed by atoms with E-state index in [2.05, 4.69) is 20.8 Å². The molecule has 1 unspecified atom stereocenters. The predicted molar refractivity (Wildman–Crippen MR) is 102 cm³/mol. The van der Waals surface area contributed by atoms with Crippen molar-refractivity contribution in [3.8, 4) is 16.9 Å². The third kappa shape index (κ3) is 5.93. The minimum Gasteiger partial charge on any atom is -0.494 e. The average Bonchev–Trinajstić information content (AvgIpc) is 2.66. The highest BCUT2D eigenvalue weighted by Gasteiger charge is 2.09. The van der Waals surface area contributed by atoms with Crippen LogP contribution in [0.25, 0.3) is 11.1 Å². The molecule has 2 aromatic rings. The summed E-state index contributed by atoms with van der Waals surface area (Å²) < 4.78 is 11.0. The molecular formula is C22H28O3. The maximum absolute atomic E-state index is 12.0. The van der Waals surface area contributed by atoms with Crippen LogP contribution in [0.3, 0.4) is 0 Å². The number of ether oxygens (including phenoxy) is 2. The van der Waals surface area contributed by atoms with Gasteiger partial charge in [0.15, 0.2) is 0 Å². The lowest BCUT2D eigenvalue weighted by molar-refractivity contribution is 0.0447. The van der Waals surface area contributed by atoms with Gasteiger partial charge >= 0.3 is 5.97 Å². The molecule has 2 rings (SSSR count). The molecule has 25 heavy (non-hydrogen) atoms. The summed E-state index contributed by atoms with van der Waals surface area (Å²) in [5, 5.41) is 0. The molecule has 2 aromatic carbocycles. The standard InChI is InChI=1S/C22H28O3/c1-4-6-15-24-21-13-11-19(12-14-21)18-7-9-20(10-8-18)22(23)25-16-17(3)5-2/h7-14,17H,4-6,15-16H2,1-3H3. The Labute approximate surface area is 151 Å². The fourth-order valence-electron chi connectivity index (χ4n) is 2.30. The molecule has 0 aliphatic carbocycles. The number of carbonyl (C=O) groups excluding carboxylic acids is 1. The van der Waals surface area contributed by atoms with E-state index in [-0.39, 0.29) is 5.97 Å². The van der Waals surface area contributed by atoms with Crippen LogP contribution in [0.15, 0.2) is 48.5 Å². The van der Waals surface area contributed by atoms with Gasteiger partial charge in [-0.1, -0.05) is 57.9 Å². The molecule has 0 saturated heterocycles. The number of esters is 1. The first-order valence-electron chi connectivity index (χ1n) is 9.14. The molecule has 1 atom stereocenters. The van der Waals surface area contributed by atoms with Crippen molar-refractivity contribution in [2.24, 2.45) is 5.92 Å². The lowest BCUT2D eigenvalue weighted by Crippen LogP contribution is -2.11. The monoisotopic (exact) mass is 340 g/mol. The smallest absolute Gasteiger partial charge is 0.338 e. The molecule has 0 radical (unpaired) electrons. The van der Waals surface area contributed by atoms with Crippen LogP contribution in [0.1, 0.15) is 50.4 Å². The topological polar surface area (TPSA) is 35.5 Å². The van der Waals surface area contributed by atoms with Crippen LogP contribution in [0, 0.1) is 5.92 Å². The van der Waals surface area contributed by atoms with Gasteiger partial charge in [-0.05, 0) is 47.7 Å². The maximum Gasteiger partial charge on any atom is 0.338 e. The summed E-state index contributed by atoms with van der Waals surface area (Å²) in [5.74, 6) is 1.02. The summed E-state index contributed by atoms with van der Waals surface area (Å²) in [4.78, 5) is 12.0. The summed E-state index contributed by atoms with van der Waals surface area (Å²) in [6.07, 6.45) is 3.20. The zero-order valence-electron chi connectivity index (χ0n) is 15.5. The Balaban J connectivity index is 1.96. The fraction of sp³-hybridized carbons (Fsp3) is 0.409. The highest BCUT2D eigenvalue weighted by Crippen LogP contribution is 2.23. The Morgan fingerprint density at radius 3 is 2.12 bits per heavy atom. The summed E-state index contributed by atoms with van der Waals surface area (Å²) in [6.45, 7) is 7.54.